The van der Waals surface area contributed by atoms with E-state index in [0.29, 0.717) is 11.1 Å². The molecule has 2 aromatic heterocycles. The lowest BCUT2D eigenvalue weighted by molar-refractivity contribution is 0.103. The van der Waals surface area contributed by atoms with E-state index in [-0.39, 0.29) is 5.78 Å². The van der Waals surface area contributed by atoms with Gasteiger partial charge in [-0.15, -0.1) is 0 Å². The zero-order chi connectivity index (χ0) is 11.9. The first-order valence-corrected chi connectivity index (χ1v) is 5.10. The molecule has 0 saturated carbocycles. The highest BCUT2D eigenvalue weighted by Crippen LogP contribution is 2.19. The number of ketones is 1. The summed E-state index contributed by atoms with van der Waals surface area (Å²) in [7, 11) is 0. The molecule has 0 aliphatic heterocycles. The van der Waals surface area contributed by atoms with Crippen molar-refractivity contribution >= 4 is 5.78 Å². The molecular formula is C11H14N4O. The lowest BCUT2D eigenvalue weighted by Gasteiger charge is -2.00. The number of carbonyl (C=O) groups is 1. The van der Waals surface area contributed by atoms with Crippen LogP contribution in [0.1, 0.15) is 38.7 Å². The predicted octanol–water partition coefficient (Wildman–Crippen LogP) is 1.60. The van der Waals surface area contributed by atoms with Gasteiger partial charge in [0.25, 0.3) is 0 Å². The smallest absolute Gasteiger partial charge is 0.200 e. The lowest BCUT2D eigenvalue weighted by Crippen LogP contribution is -2.06. The van der Waals surface area contributed by atoms with E-state index in [4.69, 9.17) is 0 Å². The van der Waals surface area contributed by atoms with Crippen molar-refractivity contribution in [3.8, 4) is 0 Å². The zero-order valence-electron chi connectivity index (χ0n) is 9.80. The van der Waals surface area contributed by atoms with Crippen LogP contribution in [0, 0.1) is 27.7 Å². The maximum atomic E-state index is 12.3. The van der Waals surface area contributed by atoms with Gasteiger partial charge in [-0.1, -0.05) is 0 Å². The average molecular weight is 218 g/mol. The Morgan fingerprint density at radius 1 is 0.875 bits per heavy atom. The Balaban J connectivity index is 2.56. The largest absolute Gasteiger partial charge is 0.288 e. The van der Waals surface area contributed by atoms with Crippen LogP contribution in [0.5, 0.6) is 0 Å². The van der Waals surface area contributed by atoms with Gasteiger partial charge >= 0.3 is 0 Å². The first kappa shape index (κ1) is 10.6. The Labute approximate surface area is 93.3 Å². The molecule has 5 nitrogen and oxygen atoms in total. The number of rotatable bonds is 2. The minimum absolute atomic E-state index is 0.0208. The normalized spacial score (nSPS) is 10.8. The molecule has 0 spiro atoms. The molecule has 0 aliphatic rings. The van der Waals surface area contributed by atoms with Crippen LogP contribution in [0.4, 0.5) is 0 Å². The topological polar surface area (TPSA) is 74.4 Å². The fraction of sp³-hybridized carbons (Fsp3) is 0.364. The Bertz CT molecular complexity index is 463. The third kappa shape index (κ3) is 1.44. The van der Waals surface area contributed by atoms with Gasteiger partial charge in [-0.3, -0.25) is 15.0 Å². The van der Waals surface area contributed by atoms with E-state index in [1.54, 1.807) is 0 Å². The first-order chi connectivity index (χ1) is 7.52. The summed E-state index contributed by atoms with van der Waals surface area (Å²) >= 11 is 0. The lowest BCUT2D eigenvalue weighted by atomic mass is 10.0. The van der Waals surface area contributed by atoms with E-state index in [1.807, 2.05) is 27.7 Å². The number of aromatic nitrogens is 4. The predicted molar refractivity (Wildman–Crippen MR) is 59.6 cm³/mol. The molecule has 16 heavy (non-hydrogen) atoms. The number of H-pyrrole nitrogens is 2. The zero-order valence-corrected chi connectivity index (χ0v) is 9.80. The van der Waals surface area contributed by atoms with Crippen LogP contribution in [0.25, 0.3) is 0 Å². The number of aryl methyl sites for hydroxylation is 4. The fourth-order valence-corrected chi connectivity index (χ4v) is 1.90. The number of nitrogens with one attached hydrogen (secondary N) is 2. The molecule has 84 valence electrons. The molecule has 0 bridgehead atoms. The molecule has 0 saturated heterocycles. The number of hydrogen-bond donors (Lipinski definition) is 2. The molecule has 0 fully saturated rings. The van der Waals surface area contributed by atoms with Gasteiger partial charge in [0.1, 0.15) is 0 Å². The minimum atomic E-state index is -0.0208. The number of aromatic amines is 2. The van der Waals surface area contributed by atoms with E-state index < -0.39 is 0 Å². The van der Waals surface area contributed by atoms with E-state index in [1.165, 1.54) is 0 Å². The molecule has 2 rings (SSSR count). The molecule has 0 unspecified atom stereocenters. The Kier molecular flexibility index (Phi) is 2.38. The van der Waals surface area contributed by atoms with Crippen LogP contribution >= 0.6 is 0 Å². The standard InChI is InChI=1S/C11H14N4O/c1-5-9(6(2)13-12-5)11(16)10-7(3)14-15-8(10)4/h1-4H3,(H,12,13)(H,14,15). The fourth-order valence-electron chi connectivity index (χ4n) is 1.90. The molecule has 0 radical (unpaired) electrons. The summed E-state index contributed by atoms with van der Waals surface area (Å²) in [5.74, 6) is -0.0208. The van der Waals surface area contributed by atoms with Gasteiger partial charge in [-0.05, 0) is 27.7 Å². The second-order valence-electron chi connectivity index (χ2n) is 3.95. The van der Waals surface area contributed by atoms with Crippen molar-refractivity contribution < 1.29 is 4.79 Å². The van der Waals surface area contributed by atoms with Crippen LogP contribution in [0.15, 0.2) is 0 Å². The van der Waals surface area contributed by atoms with E-state index in [9.17, 15) is 4.79 Å². The average Bonchev–Trinajstić information content (AvgIpc) is 2.71. The quantitative estimate of drug-likeness (QED) is 0.752. The summed E-state index contributed by atoms with van der Waals surface area (Å²) in [4.78, 5) is 12.3. The third-order valence-electron chi connectivity index (χ3n) is 2.71. The summed E-state index contributed by atoms with van der Waals surface area (Å²) in [5, 5.41) is 13.7. The monoisotopic (exact) mass is 218 g/mol. The van der Waals surface area contributed by atoms with E-state index >= 15 is 0 Å². The van der Waals surface area contributed by atoms with Gasteiger partial charge < -0.3 is 0 Å². The van der Waals surface area contributed by atoms with E-state index in [2.05, 4.69) is 20.4 Å². The minimum Gasteiger partial charge on any atom is -0.288 e. The van der Waals surface area contributed by atoms with Crippen molar-refractivity contribution in [3.63, 3.8) is 0 Å². The van der Waals surface area contributed by atoms with Gasteiger partial charge in [-0.25, -0.2) is 0 Å². The van der Waals surface area contributed by atoms with Gasteiger partial charge in [0, 0.05) is 11.4 Å². The summed E-state index contributed by atoms with van der Waals surface area (Å²) in [6.45, 7) is 7.33. The Morgan fingerprint density at radius 2 is 1.25 bits per heavy atom. The summed E-state index contributed by atoms with van der Waals surface area (Å²) in [6, 6.07) is 0. The second-order valence-corrected chi connectivity index (χ2v) is 3.95. The summed E-state index contributed by atoms with van der Waals surface area (Å²) in [6.07, 6.45) is 0. The van der Waals surface area contributed by atoms with Crippen LogP contribution in [0.2, 0.25) is 0 Å². The SMILES string of the molecule is Cc1n[nH]c(C)c1C(=O)c1c(C)n[nH]c1C. The van der Waals surface area contributed by atoms with Crippen molar-refractivity contribution in [1.82, 2.24) is 20.4 Å². The highest BCUT2D eigenvalue weighted by molar-refractivity contribution is 6.11. The van der Waals surface area contributed by atoms with Crippen molar-refractivity contribution in [3.05, 3.63) is 33.9 Å². The van der Waals surface area contributed by atoms with Gasteiger partial charge in [0.2, 0.25) is 0 Å². The van der Waals surface area contributed by atoms with Crippen molar-refractivity contribution in [2.24, 2.45) is 0 Å². The van der Waals surface area contributed by atoms with Crippen LogP contribution < -0.4 is 0 Å². The molecule has 2 heterocycles. The molecule has 0 aromatic carbocycles. The number of hydrogen-bond acceptors (Lipinski definition) is 3. The molecule has 2 aromatic rings. The van der Waals surface area contributed by atoms with Crippen molar-refractivity contribution in [2.45, 2.75) is 27.7 Å². The summed E-state index contributed by atoms with van der Waals surface area (Å²) < 4.78 is 0. The molecule has 5 heteroatoms. The van der Waals surface area contributed by atoms with Crippen molar-refractivity contribution in [2.75, 3.05) is 0 Å². The van der Waals surface area contributed by atoms with Gasteiger partial charge in [-0.2, -0.15) is 10.2 Å². The molecule has 0 aliphatic carbocycles. The van der Waals surface area contributed by atoms with Gasteiger partial charge in [0.05, 0.1) is 22.5 Å². The highest BCUT2D eigenvalue weighted by Gasteiger charge is 2.22. The summed E-state index contributed by atoms with van der Waals surface area (Å²) in [5.41, 5.74) is 4.33. The van der Waals surface area contributed by atoms with Crippen LogP contribution in [0.3, 0.4) is 0 Å². The first-order valence-electron chi connectivity index (χ1n) is 5.10. The molecule has 0 atom stereocenters. The third-order valence-corrected chi connectivity index (χ3v) is 2.71. The van der Waals surface area contributed by atoms with Gasteiger partial charge in [0.15, 0.2) is 5.78 Å². The number of nitrogens with zero attached hydrogens (tertiary/aromatic N) is 2. The second kappa shape index (κ2) is 3.59. The Morgan fingerprint density at radius 3 is 1.50 bits per heavy atom. The van der Waals surface area contributed by atoms with E-state index in [0.717, 1.165) is 22.8 Å². The highest BCUT2D eigenvalue weighted by atomic mass is 16.1. The van der Waals surface area contributed by atoms with Crippen LogP contribution in [-0.4, -0.2) is 26.2 Å². The van der Waals surface area contributed by atoms with Crippen molar-refractivity contribution in [1.29, 1.82) is 0 Å². The van der Waals surface area contributed by atoms with Crippen LogP contribution in [-0.2, 0) is 0 Å². The number of carbonyl (C=O) groups excluding carboxylic acids is 1. The maximum absolute atomic E-state index is 12.3. The molecule has 2 N–H and O–H groups in total. The molecule has 0 amide bonds. The molecular weight excluding hydrogens is 204 g/mol. The maximum Gasteiger partial charge on any atom is 0.200 e. The Hall–Kier alpha value is -1.91.